The van der Waals surface area contributed by atoms with Gasteiger partial charge in [-0.3, -0.25) is 9.59 Å². The number of amides is 1. The highest BCUT2D eigenvalue weighted by Gasteiger charge is 2.36. The van der Waals surface area contributed by atoms with E-state index in [1.165, 1.54) is 6.07 Å². The van der Waals surface area contributed by atoms with Crippen LogP contribution < -0.4 is 0 Å². The van der Waals surface area contributed by atoms with Crippen molar-refractivity contribution in [1.29, 1.82) is 0 Å². The number of rotatable bonds is 5. The van der Waals surface area contributed by atoms with Gasteiger partial charge in [-0.1, -0.05) is 0 Å². The van der Waals surface area contributed by atoms with Crippen LogP contribution in [0.3, 0.4) is 0 Å². The molecule has 5 nitrogen and oxygen atoms in total. The smallest absolute Gasteiger partial charge is 0.406 e. The van der Waals surface area contributed by atoms with Crippen LogP contribution in [0.15, 0.2) is 16.7 Å². The molecule has 1 aromatic heterocycles. The van der Waals surface area contributed by atoms with E-state index in [1.54, 1.807) is 10.8 Å². The molecule has 1 fully saturated rings. The summed E-state index contributed by atoms with van der Waals surface area (Å²) in [7, 11) is 0. The Labute approximate surface area is 126 Å². The maximum Gasteiger partial charge on any atom is 0.406 e. The van der Waals surface area contributed by atoms with Gasteiger partial charge >= 0.3 is 12.1 Å². The Morgan fingerprint density at radius 2 is 2.05 bits per heavy atom. The summed E-state index contributed by atoms with van der Waals surface area (Å²) in [6.45, 7) is -2.59. The maximum absolute atomic E-state index is 12.5. The van der Waals surface area contributed by atoms with Crippen LogP contribution in [0.2, 0.25) is 0 Å². The second-order valence-corrected chi connectivity index (χ2v) is 5.77. The lowest BCUT2D eigenvalue weighted by molar-refractivity contribution is -0.149. The summed E-state index contributed by atoms with van der Waals surface area (Å²) in [5, 5.41) is 8.70. The van der Waals surface area contributed by atoms with Gasteiger partial charge in [-0.15, -0.1) is 0 Å². The molecule has 0 bridgehead atoms. The molecule has 1 amide bonds. The minimum absolute atomic E-state index is 0.0647. The van der Waals surface area contributed by atoms with Crippen molar-refractivity contribution >= 4 is 27.8 Å². The summed E-state index contributed by atoms with van der Waals surface area (Å²) in [6, 6.07) is 1.50. The van der Waals surface area contributed by atoms with Crippen molar-refractivity contribution in [2.24, 2.45) is 0 Å². The first kappa shape index (κ1) is 15.9. The van der Waals surface area contributed by atoms with Crippen LogP contribution in [0, 0.1) is 0 Å². The van der Waals surface area contributed by atoms with Gasteiger partial charge in [0.15, 0.2) is 0 Å². The van der Waals surface area contributed by atoms with Gasteiger partial charge in [0.25, 0.3) is 5.91 Å². The van der Waals surface area contributed by atoms with Crippen molar-refractivity contribution in [3.8, 4) is 0 Å². The summed E-state index contributed by atoms with van der Waals surface area (Å²) in [5.41, 5.74) is 0.0647. The number of carbonyl (C=O) groups is 2. The van der Waals surface area contributed by atoms with Crippen molar-refractivity contribution in [3.05, 3.63) is 22.4 Å². The summed E-state index contributed by atoms with van der Waals surface area (Å²) in [6.07, 6.45) is -1.34. The monoisotopic (exact) mass is 368 g/mol. The Morgan fingerprint density at radius 3 is 2.52 bits per heavy atom. The molecule has 1 N–H and O–H groups in total. The van der Waals surface area contributed by atoms with Gasteiger partial charge in [0.2, 0.25) is 0 Å². The van der Waals surface area contributed by atoms with E-state index in [1.807, 2.05) is 0 Å². The summed E-state index contributed by atoms with van der Waals surface area (Å²) in [4.78, 5) is 23.2. The number of hydrogen-bond acceptors (Lipinski definition) is 2. The molecule has 0 unspecified atom stereocenters. The van der Waals surface area contributed by atoms with Gasteiger partial charge in [-0.05, 0) is 34.8 Å². The molecule has 1 saturated carbocycles. The number of aliphatic carboxylic acids is 1. The van der Waals surface area contributed by atoms with Gasteiger partial charge in [0, 0.05) is 16.7 Å². The Morgan fingerprint density at radius 1 is 1.43 bits per heavy atom. The fourth-order valence-electron chi connectivity index (χ4n) is 2.01. The zero-order valence-corrected chi connectivity index (χ0v) is 12.3. The van der Waals surface area contributed by atoms with Gasteiger partial charge in [-0.2, -0.15) is 13.2 Å². The predicted octanol–water partition coefficient (Wildman–Crippen LogP) is 2.67. The van der Waals surface area contributed by atoms with Crippen LogP contribution in [0.4, 0.5) is 13.2 Å². The number of carboxylic acids is 1. The zero-order chi connectivity index (χ0) is 15.8. The fraction of sp³-hybridized carbons (Fsp3) is 0.500. The fourth-order valence-corrected chi connectivity index (χ4v) is 2.45. The van der Waals surface area contributed by atoms with E-state index < -0.39 is 31.1 Å². The van der Waals surface area contributed by atoms with Crippen LogP contribution in [0.5, 0.6) is 0 Å². The Balaban J connectivity index is 2.26. The maximum atomic E-state index is 12.5. The van der Waals surface area contributed by atoms with E-state index in [4.69, 9.17) is 5.11 Å². The van der Waals surface area contributed by atoms with E-state index in [0.29, 0.717) is 9.37 Å². The Bertz CT molecular complexity index is 567. The van der Waals surface area contributed by atoms with E-state index in [2.05, 4.69) is 15.9 Å². The number of hydrogen-bond donors (Lipinski definition) is 1. The Hall–Kier alpha value is -1.51. The molecule has 1 aliphatic rings. The first-order valence-corrected chi connectivity index (χ1v) is 6.92. The first-order chi connectivity index (χ1) is 9.67. The molecular weight excluding hydrogens is 357 g/mol. The molecule has 0 atom stereocenters. The van der Waals surface area contributed by atoms with Gasteiger partial charge in [0.05, 0.1) is 0 Å². The van der Waals surface area contributed by atoms with E-state index >= 15 is 0 Å². The van der Waals surface area contributed by atoms with Crippen molar-refractivity contribution in [2.45, 2.75) is 25.1 Å². The molecule has 0 radical (unpaired) electrons. The molecule has 1 heterocycles. The van der Waals surface area contributed by atoms with Crippen molar-refractivity contribution in [2.75, 3.05) is 13.1 Å². The summed E-state index contributed by atoms with van der Waals surface area (Å²) in [5.74, 6) is -2.43. The molecule has 0 saturated heterocycles. The summed E-state index contributed by atoms with van der Waals surface area (Å²) < 4.78 is 39.7. The highest BCUT2D eigenvalue weighted by Crippen LogP contribution is 2.37. The molecule has 1 aliphatic carbocycles. The van der Waals surface area contributed by atoms with Gasteiger partial charge in [-0.25, -0.2) is 0 Å². The molecule has 0 aromatic carbocycles. The predicted molar refractivity (Wildman–Crippen MR) is 70.0 cm³/mol. The summed E-state index contributed by atoms with van der Waals surface area (Å²) >= 11 is 3.18. The third kappa shape index (κ3) is 4.23. The van der Waals surface area contributed by atoms with Crippen LogP contribution >= 0.6 is 15.9 Å². The molecule has 21 heavy (non-hydrogen) atoms. The van der Waals surface area contributed by atoms with E-state index in [9.17, 15) is 22.8 Å². The van der Waals surface area contributed by atoms with Crippen molar-refractivity contribution < 1.29 is 27.9 Å². The standard InChI is InChI=1S/C12H12BrF3N2O3/c13-7-3-9(18(4-7)8-1-2-8)11(21)17(5-10(19)20)6-12(14,15)16/h3-4,8H,1-2,5-6H2,(H,19,20). The number of carbonyl (C=O) groups excluding carboxylic acids is 1. The van der Waals surface area contributed by atoms with Gasteiger partial charge < -0.3 is 14.6 Å². The third-order valence-corrected chi connectivity index (χ3v) is 3.39. The van der Waals surface area contributed by atoms with Crippen LogP contribution in [0.25, 0.3) is 0 Å². The Kier molecular flexibility index (Phi) is 4.31. The van der Waals surface area contributed by atoms with Gasteiger partial charge in [0.1, 0.15) is 18.8 Å². The minimum atomic E-state index is -4.65. The topological polar surface area (TPSA) is 62.5 Å². The first-order valence-electron chi connectivity index (χ1n) is 6.12. The highest BCUT2D eigenvalue weighted by molar-refractivity contribution is 9.10. The SMILES string of the molecule is O=C(O)CN(CC(F)(F)F)C(=O)c1cc(Br)cn1C1CC1. The minimum Gasteiger partial charge on any atom is -0.480 e. The highest BCUT2D eigenvalue weighted by atomic mass is 79.9. The van der Waals surface area contributed by atoms with Crippen molar-refractivity contribution in [3.63, 3.8) is 0 Å². The second kappa shape index (κ2) is 5.70. The van der Waals surface area contributed by atoms with E-state index in [-0.39, 0.29) is 11.7 Å². The number of nitrogens with zero attached hydrogens (tertiary/aromatic N) is 2. The lowest BCUT2D eigenvalue weighted by atomic mass is 10.3. The number of alkyl halides is 3. The normalized spacial score (nSPS) is 15.0. The van der Waals surface area contributed by atoms with Crippen LogP contribution in [-0.4, -0.2) is 45.7 Å². The quantitative estimate of drug-likeness (QED) is 0.868. The lowest BCUT2D eigenvalue weighted by Gasteiger charge is -2.22. The average Bonchev–Trinajstić information content (AvgIpc) is 3.08. The molecule has 0 aliphatic heterocycles. The molecule has 2 rings (SSSR count). The third-order valence-electron chi connectivity index (χ3n) is 2.96. The molecule has 0 spiro atoms. The number of aromatic nitrogens is 1. The molecule has 1 aromatic rings. The molecule has 9 heteroatoms. The van der Waals surface area contributed by atoms with Crippen LogP contribution in [-0.2, 0) is 4.79 Å². The van der Waals surface area contributed by atoms with E-state index in [0.717, 1.165) is 12.8 Å². The zero-order valence-electron chi connectivity index (χ0n) is 10.7. The number of halogens is 4. The lowest BCUT2D eigenvalue weighted by Crippen LogP contribution is -2.42. The second-order valence-electron chi connectivity index (χ2n) is 4.85. The molecule has 116 valence electrons. The van der Waals surface area contributed by atoms with Crippen LogP contribution in [0.1, 0.15) is 29.4 Å². The molecular formula is C12H12BrF3N2O3. The van der Waals surface area contributed by atoms with Crippen molar-refractivity contribution in [1.82, 2.24) is 9.47 Å². The number of carboxylic acid groups (broad SMARTS) is 1. The largest absolute Gasteiger partial charge is 0.480 e. The average molecular weight is 369 g/mol.